The zero-order valence-corrected chi connectivity index (χ0v) is 19.9. The smallest absolute Gasteiger partial charge is 0.244 e. The summed E-state index contributed by atoms with van der Waals surface area (Å²) in [5.74, 6) is 0.882. The normalized spacial score (nSPS) is 18.9. The van der Waals surface area contributed by atoms with Crippen LogP contribution in [0, 0.1) is 5.92 Å². The van der Waals surface area contributed by atoms with E-state index in [-0.39, 0.29) is 22.6 Å². The minimum Gasteiger partial charge on any atom is -0.353 e. The fraction of sp³-hybridized carbons (Fsp3) is 0.478. The van der Waals surface area contributed by atoms with E-state index in [9.17, 15) is 13.2 Å². The maximum atomic E-state index is 13.0. The van der Waals surface area contributed by atoms with Gasteiger partial charge < -0.3 is 5.32 Å². The Kier molecular flexibility index (Phi) is 7.50. The van der Waals surface area contributed by atoms with E-state index in [1.165, 1.54) is 40.7 Å². The van der Waals surface area contributed by atoms with Crippen molar-refractivity contribution < 1.29 is 13.2 Å². The van der Waals surface area contributed by atoms with Gasteiger partial charge in [0.1, 0.15) is 4.90 Å². The van der Waals surface area contributed by atoms with E-state index < -0.39 is 10.0 Å². The van der Waals surface area contributed by atoms with E-state index in [4.69, 9.17) is 0 Å². The molecule has 1 saturated carbocycles. The Bertz CT molecular complexity index is 1000. The van der Waals surface area contributed by atoms with Gasteiger partial charge in [-0.1, -0.05) is 42.1 Å². The Balaban J connectivity index is 1.27. The summed E-state index contributed by atoms with van der Waals surface area (Å²) < 4.78 is 27.6. The van der Waals surface area contributed by atoms with Crippen molar-refractivity contribution in [2.45, 2.75) is 42.3 Å². The third kappa shape index (κ3) is 6.10. The molecular weight excluding hydrogens is 444 g/mol. The summed E-state index contributed by atoms with van der Waals surface area (Å²) in [6, 6.07) is 13.7. The minimum absolute atomic E-state index is 0.0127. The maximum Gasteiger partial charge on any atom is 0.244 e. The lowest BCUT2D eigenvalue weighted by atomic mass is 10.2. The molecule has 2 aliphatic rings. The molecule has 1 saturated heterocycles. The molecule has 1 amide bonds. The molecule has 172 valence electrons. The van der Waals surface area contributed by atoms with Crippen LogP contribution in [-0.2, 0) is 21.4 Å². The third-order valence-corrected chi connectivity index (χ3v) is 8.82. The molecule has 0 spiro atoms. The number of nitrogens with one attached hydrogen (secondary N) is 1. The summed E-state index contributed by atoms with van der Waals surface area (Å²) in [7, 11) is -3.57. The van der Waals surface area contributed by atoms with Gasteiger partial charge in [0.05, 0.1) is 10.8 Å². The van der Waals surface area contributed by atoms with Crippen LogP contribution in [-0.4, -0.2) is 66.5 Å². The van der Waals surface area contributed by atoms with E-state index in [0.29, 0.717) is 37.1 Å². The summed E-state index contributed by atoms with van der Waals surface area (Å²) in [4.78, 5) is 18.8. The standard InChI is InChI=1S/C23H30N4O3S2/c1-18(20-7-8-20)25-22(28)17-31-23-10-9-21(15-24-23)32(29,30)27-13-11-26(12-14-27)16-19-5-3-2-4-6-19/h2-6,9-10,15,18,20H,7-8,11-14,16-17H2,1H3,(H,25,28). The van der Waals surface area contributed by atoms with Crippen LogP contribution >= 0.6 is 11.8 Å². The lowest BCUT2D eigenvalue weighted by Crippen LogP contribution is -2.48. The van der Waals surface area contributed by atoms with Crippen LogP contribution < -0.4 is 5.32 Å². The van der Waals surface area contributed by atoms with Crippen LogP contribution in [0.4, 0.5) is 0 Å². The lowest BCUT2D eigenvalue weighted by molar-refractivity contribution is -0.119. The highest BCUT2D eigenvalue weighted by Gasteiger charge is 2.30. The number of rotatable bonds is 9. The Morgan fingerprint density at radius 3 is 2.47 bits per heavy atom. The number of thioether (sulfide) groups is 1. The third-order valence-electron chi connectivity index (χ3n) is 6.00. The van der Waals surface area contributed by atoms with Crippen molar-refractivity contribution in [3.63, 3.8) is 0 Å². The van der Waals surface area contributed by atoms with Crippen LogP contribution in [0.2, 0.25) is 0 Å². The number of hydrogen-bond donors (Lipinski definition) is 1. The summed E-state index contributed by atoms with van der Waals surface area (Å²) in [5.41, 5.74) is 1.23. The maximum absolute atomic E-state index is 13.0. The predicted octanol–water partition coefficient (Wildman–Crippen LogP) is 2.59. The molecule has 7 nitrogen and oxygen atoms in total. The first-order valence-electron chi connectivity index (χ1n) is 11.1. The van der Waals surface area contributed by atoms with Gasteiger partial charge in [-0.3, -0.25) is 9.69 Å². The van der Waals surface area contributed by atoms with E-state index >= 15 is 0 Å². The SMILES string of the molecule is CC(NC(=O)CSc1ccc(S(=O)(=O)N2CCN(Cc3ccccc3)CC2)cn1)C1CC1. The molecular formula is C23H30N4O3S2. The molecule has 0 bridgehead atoms. The molecule has 2 heterocycles. The highest BCUT2D eigenvalue weighted by Crippen LogP contribution is 2.32. The summed E-state index contributed by atoms with van der Waals surface area (Å²) in [5, 5.41) is 3.66. The molecule has 4 rings (SSSR count). The number of sulfonamides is 1. The van der Waals surface area contributed by atoms with Gasteiger partial charge in [-0.05, 0) is 43.4 Å². The molecule has 2 aromatic rings. The number of carbonyl (C=O) groups excluding carboxylic acids is 1. The van der Waals surface area contributed by atoms with Crippen molar-refractivity contribution in [2.75, 3.05) is 31.9 Å². The average Bonchev–Trinajstić information content (AvgIpc) is 3.65. The Morgan fingerprint density at radius 2 is 1.84 bits per heavy atom. The first-order chi connectivity index (χ1) is 15.4. The van der Waals surface area contributed by atoms with Crippen LogP contribution in [0.15, 0.2) is 58.6 Å². The molecule has 32 heavy (non-hydrogen) atoms. The second-order valence-corrected chi connectivity index (χ2v) is 11.4. The van der Waals surface area contributed by atoms with E-state index in [1.54, 1.807) is 12.1 Å². The topological polar surface area (TPSA) is 82.6 Å². The number of benzene rings is 1. The molecule has 1 aromatic carbocycles. The zero-order chi connectivity index (χ0) is 22.6. The molecule has 1 atom stereocenters. The Labute approximate surface area is 194 Å². The van der Waals surface area contributed by atoms with Crippen LogP contribution in [0.25, 0.3) is 0 Å². The van der Waals surface area contributed by atoms with Crippen LogP contribution in [0.3, 0.4) is 0 Å². The zero-order valence-electron chi connectivity index (χ0n) is 18.3. The minimum atomic E-state index is -3.57. The molecule has 1 aromatic heterocycles. The van der Waals surface area contributed by atoms with Gasteiger partial charge >= 0.3 is 0 Å². The van der Waals surface area contributed by atoms with Crippen molar-refractivity contribution >= 4 is 27.7 Å². The molecule has 1 aliphatic heterocycles. The lowest BCUT2D eigenvalue weighted by Gasteiger charge is -2.33. The number of pyridine rings is 1. The Hall–Kier alpha value is -1.94. The number of carbonyl (C=O) groups is 1. The van der Waals surface area contributed by atoms with Crippen LogP contribution in [0.1, 0.15) is 25.3 Å². The summed E-state index contributed by atoms with van der Waals surface area (Å²) in [6.07, 6.45) is 3.78. The summed E-state index contributed by atoms with van der Waals surface area (Å²) in [6.45, 7) is 5.19. The molecule has 1 aliphatic carbocycles. The van der Waals surface area contributed by atoms with Gasteiger partial charge in [-0.15, -0.1) is 0 Å². The molecule has 2 fully saturated rings. The van der Waals surface area contributed by atoms with Gasteiger partial charge in [0.2, 0.25) is 15.9 Å². The van der Waals surface area contributed by atoms with Crippen molar-refractivity contribution in [1.29, 1.82) is 0 Å². The first kappa shape index (κ1) is 23.2. The van der Waals surface area contributed by atoms with Crippen LogP contribution in [0.5, 0.6) is 0 Å². The van der Waals surface area contributed by atoms with E-state index in [0.717, 1.165) is 6.54 Å². The predicted molar refractivity (Wildman–Crippen MR) is 126 cm³/mol. The van der Waals surface area contributed by atoms with Gasteiger partial charge in [0.25, 0.3) is 0 Å². The molecule has 0 radical (unpaired) electrons. The Morgan fingerprint density at radius 1 is 1.12 bits per heavy atom. The summed E-state index contributed by atoms with van der Waals surface area (Å²) >= 11 is 1.32. The number of nitrogens with zero attached hydrogens (tertiary/aromatic N) is 3. The second kappa shape index (κ2) is 10.3. The van der Waals surface area contributed by atoms with Gasteiger partial charge in [-0.25, -0.2) is 13.4 Å². The number of hydrogen-bond acceptors (Lipinski definition) is 6. The monoisotopic (exact) mass is 474 g/mol. The van der Waals surface area contributed by atoms with Gasteiger partial charge in [0, 0.05) is 45.0 Å². The van der Waals surface area contributed by atoms with E-state index in [1.807, 2.05) is 25.1 Å². The quantitative estimate of drug-likeness (QED) is 0.563. The average molecular weight is 475 g/mol. The number of piperazine rings is 1. The van der Waals surface area contributed by atoms with E-state index in [2.05, 4.69) is 27.3 Å². The highest BCUT2D eigenvalue weighted by atomic mass is 32.2. The largest absolute Gasteiger partial charge is 0.353 e. The number of amides is 1. The van der Waals surface area contributed by atoms with Gasteiger partial charge in [-0.2, -0.15) is 4.31 Å². The van der Waals surface area contributed by atoms with Crippen molar-refractivity contribution in [1.82, 2.24) is 19.5 Å². The second-order valence-electron chi connectivity index (χ2n) is 8.48. The van der Waals surface area contributed by atoms with Crippen molar-refractivity contribution in [3.8, 4) is 0 Å². The van der Waals surface area contributed by atoms with Crippen molar-refractivity contribution in [2.24, 2.45) is 5.92 Å². The van der Waals surface area contributed by atoms with Gasteiger partial charge in [0.15, 0.2) is 0 Å². The molecule has 1 unspecified atom stereocenters. The molecule has 9 heteroatoms. The van der Waals surface area contributed by atoms with Crippen molar-refractivity contribution in [3.05, 3.63) is 54.2 Å². The fourth-order valence-corrected chi connectivity index (χ4v) is 5.89. The number of aromatic nitrogens is 1. The molecule has 1 N–H and O–H groups in total. The first-order valence-corrected chi connectivity index (χ1v) is 13.5. The fourth-order valence-electron chi connectivity index (χ4n) is 3.87. The highest BCUT2D eigenvalue weighted by molar-refractivity contribution is 7.99.